The Morgan fingerprint density at radius 1 is 1.16 bits per heavy atom. The Balaban J connectivity index is 1.67. The maximum Gasteiger partial charge on any atom is 0.128 e. The summed E-state index contributed by atoms with van der Waals surface area (Å²) in [6.45, 7) is 7.03. The molecule has 19 heavy (non-hydrogen) atoms. The first kappa shape index (κ1) is 13.1. The molecule has 104 valence electrons. The van der Waals surface area contributed by atoms with Crippen LogP contribution in [-0.2, 0) is 19.3 Å². The standard InChI is InChI=1S/C17H26N2/c1-17(2,3)10-13-6-7-15-14(8-13)11-18-16(19-15)9-12-4-5-12/h11-13H,4-10H2,1-3H3. The summed E-state index contributed by atoms with van der Waals surface area (Å²) in [4.78, 5) is 9.41. The highest BCUT2D eigenvalue weighted by molar-refractivity contribution is 5.21. The minimum atomic E-state index is 0.439. The Bertz CT molecular complexity index is 455. The Morgan fingerprint density at radius 3 is 2.63 bits per heavy atom. The van der Waals surface area contributed by atoms with Gasteiger partial charge in [-0.2, -0.15) is 0 Å². The highest BCUT2D eigenvalue weighted by Gasteiger charge is 2.26. The molecule has 0 radical (unpaired) electrons. The molecule has 3 rings (SSSR count). The normalized spacial score (nSPS) is 23.2. The molecule has 2 nitrogen and oxygen atoms in total. The van der Waals surface area contributed by atoms with Gasteiger partial charge in [-0.3, -0.25) is 0 Å². The second kappa shape index (κ2) is 4.88. The quantitative estimate of drug-likeness (QED) is 0.820. The first-order valence-electron chi connectivity index (χ1n) is 7.83. The SMILES string of the molecule is CC(C)(C)CC1CCc2nc(CC3CC3)ncc2C1. The predicted molar refractivity (Wildman–Crippen MR) is 78.0 cm³/mol. The van der Waals surface area contributed by atoms with E-state index in [-0.39, 0.29) is 0 Å². The van der Waals surface area contributed by atoms with E-state index in [1.165, 1.54) is 43.4 Å². The Morgan fingerprint density at radius 2 is 1.95 bits per heavy atom. The van der Waals surface area contributed by atoms with E-state index in [9.17, 15) is 0 Å². The van der Waals surface area contributed by atoms with E-state index in [4.69, 9.17) is 4.98 Å². The fraction of sp³-hybridized carbons (Fsp3) is 0.765. The number of hydrogen-bond donors (Lipinski definition) is 0. The van der Waals surface area contributed by atoms with E-state index in [2.05, 4.69) is 32.0 Å². The molecule has 0 N–H and O–H groups in total. The number of hydrogen-bond acceptors (Lipinski definition) is 2. The van der Waals surface area contributed by atoms with Gasteiger partial charge in [0.05, 0.1) is 0 Å². The fourth-order valence-corrected chi connectivity index (χ4v) is 3.34. The molecule has 0 saturated heterocycles. The van der Waals surface area contributed by atoms with E-state index in [1.807, 2.05) is 0 Å². The molecule has 1 saturated carbocycles. The van der Waals surface area contributed by atoms with Gasteiger partial charge in [-0.1, -0.05) is 20.8 Å². The van der Waals surface area contributed by atoms with Crippen molar-refractivity contribution in [3.05, 3.63) is 23.3 Å². The lowest BCUT2D eigenvalue weighted by atomic mass is 9.77. The van der Waals surface area contributed by atoms with Gasteiger partial charge >= 0.3 is 0 Å². The molecule has 0 spiro atoms. The van der Waals surface area contributed by atoms with Crippen LogP contribution in [0.5, 0.6) is 0 Å². The molecule has 0 aromatic carbocycles. The monoisotopic (exact) mass is 258 g/mol. The van der Waals surface area contributed by atoms with Crippen LogP contribution < -0.4 is 0 Å². The van der Waals surface area contributed by atoms with Crippen molar-refractivity contribution in [2.75, 3.05) is 0 Å². The van der Waals surface area contributed by atoms with Gasteiger partial charge in [0.1, 0.15) is 5.82 Å². The van der Waals surface area contributed by atoms with Crippen LogP contribution in [0.1, 0.15) is 63.5 Å². The molecule has 1 unspecified atom stereocenters. The fourth-order valence-electron chi connectivity index (χ4n) is 3.34. The second-order valence-electron chi connectivity index (χ2n) is 7.78. The van der Waals surface area contributed by atoms with Gasteiger partial charge in [0.25, 0.3) is 0 Å². The van der Waals surface area contributed by atoms with Crippen LogP contribution in [-0.4, -0.2) is 9.97 Å². The average molecular weight is 258 g/mol. The maximum atomic E-state index is 4.81. The molecular formula is C17H26N2. The Kier molecular flexibility index (Phi) is 3.36. The molecule has 2 aliphatic carbocycles. The van der Waals surface area contributed by atoms with E-state index in [0.29, 0.717) is 5.41 Å². The van der Waals surface area contributed by atoms with Crippen molar-refractivity contribution < 1.29 is 0 Å². The largest absolute Gasteiger partial charge is 0.241 e. The topological polar surface area (TPSA) is 25.8 Å². The van der Waals surface area contributed by atoms with E-state index >= 15 is 0 Å². The smallest absolute Gasteiger partial charge is 0.128 e. The van der Waals surface area contributed by atoms with Crippen LogP contribution in [0, 0.1) is 17.3 Å². The maximum absolute atomic E-state index is 4.81. The average Bonchev–Trinajstić information content (AvgIpc) is 3.11. The molecule has 1 heterocycles. The van der Waals surface area contributed by atoms with Crippen molar-refractivity contribution in [1.29, 1.82) is 0 Å². The number of aromatic nitrogens is 2. The number of rotatable bonds is 3. The molecule has 2 heteroatoms. The third-order valence-corrected chi connectivity index (χ3v) is 4.37. The minimum absolute atomic E-state index is 0.439. The summed E-state index contributed by atoms with van der Waals surface area (Å²) < 4.78 is 0. The summed E-state index contributed by atoms with van der Waals surface area (Å²) in [5.74, 6) is 2.80. The Hall–Kier alpha value is -0.920. The van der Waals surface area contributed by atoms with E-state index in [0.717, 1.165) is 30.5 Å². The lowest BCUT2D eigenvalue weighted by molar-refractivity contribution is 0.272. The van der Waals surface area contributed by atoms with Crippen molar-refractivity contribution in [1.82, 2.24) is 9.97 Å². The molecule has 2 aliphatic rings. The highest BCUT2D eigenvalue weighted by atomic mass is 14.9. The molecule has 0 bridgehead atoms. The van der Waals surface area contributed by atoms with Gasteiger partial charge in [0.15, 0.2) is 0 Å². The summed E-state index contributed by atoms with van der Waals surface area (Å²) in [7, 11) is 0. The van der Waals surface area contributed by atoms with Crippen molar-refractivity contribution in [2.45, 2.75) is 65.7 Å². The zero-order chi connectivity index (χ0) is 13.5. The van der Waals surface area contributed by atoms with Crippen molar-refractivity contribution in [2.24, 2.45) is 17.3 Å². The molecule has 1 fully saturated rings. The molecule has 0 amide bonds. The van der Waals surface area contributed by atoms with Gasteiger partial charge in [0, 0.05) is 18.3 Å². The third kappa shape index (κ3) is 3.55. The zero-order valence-corrected chi connectivity index (χ0v) is 12.6. The molecule has 1 aromatic rings. The van der Waals surface area contributed by atoms with E-state index < -0.39 is 0 Å². The summed E-state index contributed by atoms with van der Waals surface area (Å²) in [5, 5.41) is 0. The van der Waals surface area contributed by atoms with Crippen molar-refractivity contribution in [3.63, 3.8) is 0 Å². The van der Waals surface area contributed by atoms with Gasteiger partial charge in [0.2, 0.25) is 0 Å². The van der Waals surface area contributed by atoms with Crippen molar-refractivity contribution >= 4 is 0 Å². The summed E-state index contributed by atoms with van der Waals surface area (Å²) in [6, 6.07) is 0. The Labute approximate surface area is 117 Å². The summed E-state index contributed by atoms with van der Waals surface area (Å²) in [6.07, 6.45) is 11.0. The van der Waals surface area contributed by atoms with Gasteiger partial charge < -0.3 is 0 Å². The number of fused-ring (bicyclic) bond motifs is 1. The molecule has 0 aliphatic heterocycles. The van der Waals surface area contributed by atoms with Gasteiger partial charge in [-0.25, -0.2) is 9.97 Å². The van der Waals surface area contributed by atoms with Crippen LogP contribution in [0.25, 0.3) is 0 Å². The minimum Gasteiger partial charge on any atom is -0.241 e. The summed E-state index contributed by atoms with van der Waals surface area (Å²) in [5.41, 5.74) is 3.20. The number of nitrogens with zero attached hydrogens (tertiary/aromatic N) is 2. The lowest BCUT2D eigenvalue weighted by Crippen LogP contribution is -2.21. The second-order valence-corrected chi connectivity index (χ2v) is 7.78. The van der Waals surface area contributed by atoms with Crippen LogP contribution in [0.15, 0.2) is 6.20 Å². The van der Waals surface area contributed by atoms with Crippen LogP contribution in [0.4, 0.5) is 0 Å². The van der Waals surface area contributed by atoms with Crippen molar-refractivity contribution in [3.8, 4) is 0 Å². The third-order valence-electron chi connectivity index (χ3n) is 4.37. The predicted octanol–water partition coefficient (Wildman–Crippen LogP) is 3.97. The first-order valence-corrected chi connectivity index (χ1v) is 7.83. The lowest BCUT2D eigenvalue weighted by Gasteiger charge is -2.29. The number of aryl methyl sites for hydroxylation is 1. The summed E-state index contributed by atoms with van der Waals surface area (Å²) >= 11 is 0. The van der Waals surface area contributed by atoms with E-state index in [1.54, 1.807) is 0 Å². The van der Waals surface area contributed by atoms with Gasteiger partial charge in [-0.15, -0.1) is 0 Å². The molecule has 1 aromatic heterocycles. The van der Waals surface area contributed by atoms with Crippen LogP contribution in [0.3, 0.4) is 0 Å². The first-order chi connectivity index (χ1) is 8.99. The van der Waals surface area contributed by atoms with Crippen LogP contribution in [0.2, 0.25) is 0 Å². The highest BCUT2D eigenvalue weighted by Crippen LogP contribution is 2.34. The van der Waals surface area contributed by atoms with Gasteiger partial charge in [-0.05, 0) is 61.3 Å². The molecular weight excluding hydrogens is 232 g/mol. The molecule has 1 atom stereocenters. The zero-order valence-electron chi connectivity index (χ0n) is 12.6. The van der Waals surface area contributed by atoms with Crippen LogP contribution >= 0.6 is 0 Å².